The number of hydrogen-bond acceptors (Lipinski definition) is 4. The molecule has 21 heavy (non-hydrogen) atoms. The van der Waals surface area contributed by atoms with Crippen LogP contribution in [0.1, 0.15) is 0 Å². The summed E-state index contributed by atoms with van der Waals surface area (Å²) in [6.07, 6.45) is 1.77. The molecule has 0 aliphatic carbocycles. The highest BCUT2D eigenvalue weighted by Crippen LogP contribution is 2.31. The second kappa shape index (κ2) is 5.71. The Morgan fingerprint density at radius 1 is 0.952 bits per heavy atom. The molecule has 0 aliphatic heterocycles. The molecular formula is C17H16N2O2. The lowest BCUT2D eigenvalue weighted by Crippen LogP contribution is -1.94. The van der Waals surface area contributed by atoms with Crippen LogP contribution in [0.4, 0.5) is 11.4 Å². The molecule has 1 heterocycles. The molecule has 0 unspecified atom stereocenters. The summed E-state index contributed by atoms with van der Waals surface area (Å²) in [5, 5.41) is 4.41. The Balaban J connectivity index is 2.04. The van der Waals surface area contributed by atoms with Crippen molar-refractivity contribution >= 4 is 22.3 Å². The summed E-state index contributed by atoms with van der Waals surface area (Å²) < 4.78 is 10.6. The van der Waals surface area contributed by atoms with E-state index >= 15 is 0 Å². The third-order valence-corrected chi connectivity index (χ3v) is 3.30. The third kappa shape index (κ3) is 2.60. The van der Waals surface area contributed by atoms with Crippen molar-refractivity contribution in [2.24, 2.45) is 0 Å². The maximum absolute atomic E-state index is 5.36. The number of benzene rings is 2. The molecule has 0 amide bonds. The fourth-order valence-electron chi connectivity index (χ4n) is 2.28. The van der Waals surface area contributed by atoms with Crippen molar-refractivity contribution in [1.29, 1.82) is 0 Å². The highest BCUT2D eigenvalue weighted by Gasteiger charge is 2.07. The van der Waals surface area contributed by atoms with Crippen LogP contribution in [0.2, 0.25) is 0 Å². The number of fused-ring (bicyclic) bond motifs is 1. The number of anilines is 2. The molecule has 0 bridgehead atoms. The normalized spacial score (nSPS) is 10.4. The average Bonchev–Trinajstić information content (AvgIpc) is 2.55. The third-order valence-electron chi connectivity index (χ3n) is 3.30. The van der Waals surface area contributed by atoms with Crippen LogP contribution < -0.4 is 14.8 Å². The number of aromatic nitrogens is 1. The van der Waals surface area contributed by atoms with Gasteiger partial charge in [0.2, 0.25) is 0 Å². The Hall–Kier alpha value is -2.75. The van der Waals surface area contributed by atoms with E-state index in [1.165, 1.54) is 0 Å². The van der Waals surface area contributed by atoms with Crippen molar-refractivity contribution in [3.05, 3.63) is 54.7 Å². The quantitative estimate of drug-likeness (QED) is 0.784. The van der Waals surface area contributed by atoms with Gasteiger partial charge in [-0.15, -0.1) is 0 Å². The van der Waals surface area contributed by atoms with Gasteiger partial charge in [0.05, 0.1) is 14.2 Å². The molecule has 0 atom stereocenters. The summed E-state index contributed by atoms with van der Waals surface area (Å²) in [7, 11) is 3.31. The van der Waals surface area contributed by atoms with Crippen molar-refractivity contribution in [3.8, 4) is 11.5 Å². The standard InChI is InChI=1S/C17H16N2O2/c1-20-13-6-3-5-12(11-13)19-15-9-10-18-17-14(15)7-4-8-16(17)21-2/h3-11H,1-2H3,(H,18,19). The first kappa shape index (κ1) is 13.2. The van der Waals surface area contributed by atoms with Gasteiger partial charge in [0.1, 0.15) is 17.0 Å². The van der Waals surface area contributed by atoms with Gasteiger partial charge in [-0.3, -0.25) is 4.98 Å². The first-order valence-corrected chi connectivity index (χ1v) is 6.64. The maximum atomic E-state index is 5.36. The van der Waals surface area contributed by atoms with E-state index in [-0.39, 0.29) is 0 Å². The van der Waals surface area contributed by atoms with E-state index in [1.807, 2.05) is 48.5 Å². The van der Waals surface area contributed by atoms with Crippen molar-refractivity contribution in [3.63, 3.8) is 0 Å². The van der Waals surface area contributed by atoms with E-state index in [9.17, 15) is 0 Å². The van der Waals surface area contributed by atoms with Crippen LogP contribution in [-0.4, -0.2) is 19.2 Å². The van der Waals surface area contributed by atoms with E-state index in [1.54, 1.807) is 20.4 Å². The van der Waals surface area contributed by atoms with Crippen LogP contribution in [0.5, 0.6) is 11.5 Å². The number of nitrogens with one attached hydrogen (secondary N) is 1. The molecule has 0 saturated carbocycles. The van der Waals surface area contributed by atoms with Crippen LogP contribution in [-0.2, 0) is 0 Å². The van der Waals surface area contributed by atoms with Crippen LogP contribution in [0.15, 0.2) is 54.7 Å². The molecular weight excluding hydrogens is 264 g/mol. The second-order valence-electron chi connectivity index (χ2n) is 4.57. The average molecular weight is 280 g/mol. The van der Waals surface area contributed by atoms with Gasteiger partial charge in [-0.05, 0) is 24.3 Å². The van der Waals surface area contributed by atoms with Crippen LogP contribution in [0, 0.1) is 0 Å². The van der Waals surface area contributed by atoms with Gasteiger partial charge in [-0.25, -0.2) is 0 Å². The molecule has 106 valence electrons. The highest BCUT2D eigenvalue weighted by molar-refractivity contribution is 5.96. The topological polar surface area (TPSA) is 43.4 Å². The summed E-state index contributed by atoms with van der Waals surface area (Å²) in [5.41, 5.74) is 2.78. The molecule has 1 aromatic heterocycles. The SMILES string of the molecule is COc1cccc(Nc2ccnc3c(OC)cccc23)c1. The van der Waals surface area contributed by atoms with E-state index < -0.39 is 0 Å². The van der Waals surface area contributed by atoms with Crippen LogP contribution in [0.25, 0.3) is 10.9 Å². The van der Waals surface area contributed by atoms with Crippen molar-refractivity contribution in [2.75, 3.05) is 19.5 Å². The minimum Gasteiger partial charge on any atom is -0.497 e. The Bertz CT molecular complexity index is 772. The van der Waals surface area contributed by atoms with Crippen LogP contribution in [0.3, 0.4) is 0 Å². The van der Waals surface area contributed by atoms with E-state index in [0.29, 0.717) is 0 Å². The summed E-state index contributed by atoms with van der Waals surface area (Å²) in [5.74, 6) is 1.58. The number of hydrogen-bond donors (Lipinski definition) is 1. The number of para-hydroxylation sites is 1. The van der Waals surface area contributed by atoms with Crippen LogP contribution >= 0.6 is 0 Å². The van der Waals surface area contributed by atoms with E-state index in [4.69, 9.17) is 9.47 Å². The predicted molar refractivity (Wildman–Crippen MR) is 84.6 cm³/mol. The smallest absolute Gasteiger partial charge is 0.145 e. The van der Waals surface area contributed by atoms with E-state index in [0.717, 1.165) is 33.8 Å². The molecule has 1 N–H and O–H groups in total. The molecule has 4 heteroatoms. The predicted octanol–water partition coefficient (Wildman–Crippen LogP) is 4.00. The molecule has 2 aromatic carbocycles. The molecule has 0 spiro atoms. The number of methoxy groups -OCH3 is 2. The molecule has 3 aromatic rings. The van der Waals surface area contributed by atoms with Crippen molar-refractivity contribution in [1.82, 2.24) is 4.98 Å². The van der Waals surface area contributed by atoms with E-state index in [2.05, 4.69) is 10.3 Å². The van der Waals surface area contributed by atoms with Gasteiger partial charge in [-0.1, -0.05) is 18.2 Å². The zero-order chi connectivity index (χ0) is 14.7. The fourth-order valence-corrected chi connectivity index (χ4v) is 2.28. The first-order valence-electron chi connectivity index (χ1n) is 6.64. The van der Waals surface area contributed by atoms with Gasteiger partial charge >= 0.3 is 0 Å². The lowest BCUT2D eigenvalue weighted by molar-refractivity contribution is 0.415. The van der Waals surface area contributed by atoms with Gasteiger partial charge < -0.3 is 14.8 Å². The lowest BCUT2D eigenvalue weighted by Gasteiger charge is -2.12. The first-order chi connectivity index (χ1) is 10.3. The highest BCUT2D eigenvalue weighted by atomic mass is 16.5. The monoisotopic (exact) mass is 280 g/mol. The van der Waals surface area contributed by atoms with Gasteiger partial charge in [0, 0.05) is 29.0 Å². The van der Waals surface area contributed by atoms with Gasteiger partial charge in [-0.2, -0.15) is 0 Å². The number of rotatable bonds is 4. The summed E-state index contributed by atoms with van der Waals surface area (Å²) in [6.45, 7) is 0. The Morgan fingerprint density at radius 3 is 2.62 bits per heavy atom. The molecule has 3 rings (SSSR count). The molecule has 4 nitrogen and oxygen atoms in total. The minimum absolute atomic E-state index is 0.766. The largest absolute Gasteiger partial charge is 0.497 e. The fraction of sp³-hybridized carbons (Fsp3) is 0.118. The molecule has 0 saturated heterocycles. The lowest BCUT2D eigenvalue weighted by atomic mass is 10.1. The van der Waals surface area contributed by atoms with Crippen molar-refractivity contribution in [2.45, 2.75) is 0 Å². The number of pyridine rings is 1. The number of ether oxygens (including phenoxy) is 2. The van der Waals surface area contributed by atoms with Crippen molar-refractivity contribution < 1.29 is 9.47 Å². The molecule has 0 aliphatic rings. The molecule has 0 fully saturated rings. The molecule has 0 radical (unpaired) electrons. The van der Waals surface area contributed by atoms with Gasteiger partial charge in [0.25, 0.3) is 0 Å². The minimum atomic E-state index is 0.766. The summed E-state index contributed by atoms with van der Waals surface area (Å²) in [4.78, 5) is 4.40. The second-order valence-corrected chi connectivity index (χ2v) is 4.57. The zero-order valence-corrected chi connectivity index (χ0v) is 12.0. The Labute approximate surface area is 123 Å². The Kier molecular flexibility index (Phi) is 3.60. The zero-order valence-electron chi connectivity index (χ0n) is 12.0. The van der Waals surface area contributed by atoms with Gasteiger partial charge in [0.15, 0.2) is 0 Å². The Morgan fingerprint density at radius 2 is 1.81 bits per heavy atom. The maximum Gasteiger partial charge on any atom is 0.145 e. The summed E-state index contributed by atoms with van der Waals surface area (Å²) >= 11 is 0. The summed E-state index contributed by atoms with van der Waals surface area (Å²) in [6, 6.07) is 15.6. The number of nitrogens with zero attached hydrogens (tertiary/aromatic N) is 1.